The molecule has 0 spiro atoms. The highest BCUT2D eigenvalue weighted by Gasteiger charge is 2.31. The normalized spacial score (nSPS) is 22.7. The molecule has 1 atom stereocenters. The summed E-state index contributed by atoms with van der Waals surface area (Å²) in [7, 11) is 2.08. The number of piperazine rings is 1. The van der Waals surface area contributed by atoms with Gasteiger partial charge in [0.1, 0.15) is 6.04 Å². The van der Waals surface area contributed by atoms with Crippen LogP contribution in [0.15, 0.2) is 24.3 Å². The first-order chi connectivity index (χ1) is 10.1. The molecule has 3 rings (SSSR count). The first kappa shape index (κ1) is 14.0. The van der Waals surface area contributed by atoms with Crippen molar-refractivity contribution in [3.8, 4) is 0 Å². The molecule has 0 bridgehead atoms. The van der Waals surface area contributed by atoms with E-state index >= 15 is 0 Å². The molecule has 6 heteroatoms. The van der Waals surface area contributed by atoms with Crippen LogP contribution in [0.2, 0.25) is 0 Å². The Hall–Kier alpha value is -1.92. The molecular formula is C15H20N4O2. The number of carbonyl (C=O) groups excluding carboxylic acids is 2. The zero-order valence-electron chi connectivity index (χ0n) is 12.1. The van der Waals surface area contributed by atoms with Crippen molar-refractivity contribution in [1.82, 2.24) is 15.1 Å². The first-order valence-electron chi connectivity index (χ1n) is 7.23. The van der Waals surface area contributed by atoms with Crippen LogP contribution in [0.1, 0.15) is 11.6 Å². The fourth-order valence-electron chi connectivity index (χ4n) is 2.77. The van der Waals surface area contributed by atoms with Crippen LogP contribution in [0.3, 0.4) is 0 Å². The molecule has 1 aromatic rings. The van der Waals surface area contributed by atoms with Gasteiger partial charge < -0.3 is 15.5 Å². The number of rotatable bonds is 3. The first-order valence-corrected chi connectivity index (χ1v) is 7.23. The minimum absolute atomic E-state index is 0.101. The quantitative estimate of drug-likeness (QED) is 0.824. The zero-order chi connectivity index (χ0) is 14.8. The van der Waals surface area contributed by atoms with Crippen molar-refractivity contribution >= 4 is 17.5 Å². The van der Waals surface area contributed by atoms with Gasteiger partial charge in [0.25, 0.3) is 5.91 Å². The molecule has 112 valence electrons. The van der Waals surface area contributed by atoms with Crippen LogP contribution >= 0.6 is 0 Å². The number of amides is 2. The van der Waals surface area contributed by atoms with Crippen molar-refractivity contribution in [1.29, 1.82) is 0 Å². The van der Waals surface area contributed by atoms with Crippen LogP contribution < -0.4 is 10.6 Å². The number of carbonyl (C=O) groups is 2. The monoisotopic (exact) mass is 288 g/mol. The zero-order valence-corrected chi connectivity index (χ0v) is 12.1. The maximum Gasteiger partial charge on any atom is 0.251 e. The standard InChI is InChI=1S/C15H20N4O2/c1-18-6-8-19(9-7-18)10-13(20)17-14-11-4-2-3-5-12(11)16-15(14)21/h2-5,14H,6-10H2,1H3,(H,16,21)(H,17,20). The Morgan fingerprint density at radius 3 is 2.76 bits per heavy atom. The van der Waals surface area contributed by atoms with E-state index in [2.05, 4.69) is 27.5 Å². The smallest absolute Gasteiger partial charge is 0.251 e. The van der Waals surface area contributed by atoms with Gasteiger partial charge >= 0.3 is 0 Å². The molecule has 0 aromatic heterocycles. The van der Waals surface area contributed by atoms with E-state index in [9.17, 15) is 9.59 Å². The number of benzene rings is 1. The Balaban J connectivity index is 1.59. The van der Waals surface area contributed by atoms with Gasteiger partial charge in [0.2, 0.25) is 5.91 Å². The number of hydrogen-bond acceptors (Lipinski definition) is 4. The van der Waals surface area contributed by atoms with Crippen LogP contribution in [0.4, 0.5) is 5.69 Å². The second-order valence-corrected chi connectivity index (χ2v) is 5.66. The summed E-state index contributed by atoms with van der Waals surface area (Å²) in [5.41, 5.74) is 1.63. The average Bonchev–Trinajstić information content (AvgIpc) is 2.78. The van der Waals surface area contributed by atoms with E-state index in [1.54, 1.807) is 0 Å². The molecule has 0 aliphatic carbocycles. The van der Waals surface area contributed by atoms with E-state index < -0.39 is 6.04 Å². The molecule has 6 nitrogen and oxygen atoms in total. The Labute approximate surface area is 124 Å². The molecule has 21 heavy (non-hydrogen) atoms. The summed E-state index contributed by atoms with van der Waals surface area (Å²) in [6.07, 6.45) is 0. The highest BCUT2D eigenvalue weighted by atomic mass is 16.2. The summed E-state index contributed by atoms with van der Waals surface area (Å²) in [4.78, 5) is 28.5. The SMILES string of the molecule is CN1CCN(CC(=O)NC2C(=O)Nc3ccccc32)CC1. The van der Waals surface area contributed by atoms with Gasteiger partial charge in [-0.2, -0.15) is 0 Å². The predicted molar refractivity (Wildman–Crippen MR) is 79.9 cm³/mol. The van der Waals surface area contributed by atoms with E-state index in [1.807, 2.05) is 24.3 Å². The van der Waals surface area contributed by atoms with Crippen LogP contribution in [0.5, 0.6) is 0 Å². The van der Waals surface area contributed by atoms with Gasteiger partial charge in [-0.3, -0.25) is 14.5 Å². The molecule has 0 saturated carbocycles. The fraction of sp³-hybridized carbons (Fsp3) is 0.467. The van der Waals surface area contributed by atoms with Gasteiger partial charge in [-0.05, 0) is 13.1 Å². The summed E-state index contributed by atoms with van der Waals surface area (Å²) in [6.45, 7) is 4.06. The lowest BCUT2D eigenvalue weighted by Crippen LogP contribution is -2.48. The molecule has 2 heterocycles. The topological polar surface area (TPSA) is 64.7 Å². The van der Waals surface area contributed by atoms with Crippen LogP contribution in [-0.4, -0.2) is 61.4 Å². The third kappa shape index (κ3) is 3.06. The summed E-state index contributed by atoms with van der Waals surface area (Å²) in [6, 6.07) is 6.89. The molecule has 2 aliphatic heterocycles. The summed E-state index contributed by atoms with van der Waals surface area (Å²) < 4.78 is 0. The predicted octanol–water partition coefficient (Wildman–Crippen LogP) is 0.0434. The molecule has 0 radical (unpaired) electrons. The Morgan fingerprint density at radius 2 is 2.00 bits per heavy atom. The molecular weight excluding hydrogens is 268 g/mol. The average molecular weight is 288 g/mol. The molecule has 1 fully saturated rings. The number of anilines is 1. The maximum atomic E-state index is 12.2. The number of likely N-dealkylation sites (N-methyl/N-ethyl adjacent to an activating group) is 1. The molecule has 2 aliphatic rings. The van der Waals surface area contributed by atoms with Crippen molar-refractivity contribution in [3.63, 3.8) is 0 Å². The Kier molecular flexibility index (Phi) is 3.90. The molecule has 1 saturated heterocycles. The van der Waals surface area contributed by atoms with Crippen molar-refractivity contribution < 1.29 is 9.59 Å². The summed E-state index contributed by atoms with van der Waals surface area (Å²) in [5.74, 6) is -0.265. The lowest BCUT2D eigenvalue weighted by molar-refractivity contribution is -0.127. The molecule has 2 N–H and O–H groups in total. The second kappa shape index (κ2) is 5.83. The lowest BCUT2D eigenvalue weighted by Gasteiger charge is -2.31. The van der Waals surface area contributed by atoms with Crippen molar-refractivity contribution in [2.75, 3.05) is 45.1 Å². The van der Waals surface area contributed by atoms with Crippen LogP contribution in [-0.2, 0) is 9.59 Å². The van der Waals surface area contributed by atoms with E-state index in [0.717, 1.165) is 37.4 Å². The summed E-state index contributed by atoms with van der Waals surface area (Å²) >= 11 is 0. The van der Waals surface area contributed by atoms with Gasteiger partial charge in [-0.15, -0.1) is 0 Å². The minimum Gasteiger partial charge on any atom is -0.339 e. The van der Waals surface area contributed by atoms with Gasteiger partial charge in [0.05, 0.1) is 6.54 Å². The highest BCUT2D eigenvalue weighted by Crippen LogP contribution is 2.29. The van der Waals surface area contributed by atoms with Crippen molar-refractivity contribution in [2.24, 2.45) is 0 Å². The van der Waals surface area contributed by atoms with E-state index in [4.69, 9.17) is 0 Å². The third-order valence-corrected chi connectivity index (χ3v) is 4.06. The van der Waals surface area contributed by atoms with Gasteiger partial charge in [0, 0.05) is 37.4 Å². The largest absolute Gasteiger partial charge is 0.339 e. The fourth-order valence-corrected chi connectivity index (χ4v) is 2.77. The van der Waals surface area contributed by atoms with Crippen LogP contribution in [0, 0.1) is 0 Å². The second-order valence-electron chi connectivity index (χ2n) is 5.66. The Bertz CT molecular complexity index is 552. The minimum atomic E-state index is -0.568. The van der Waals surface area contributed by atoms with Crippen LogP contribution in [0.25, 0.3) is 0 Å². The number of hydrogen-bond donors (Lipinski definition) is 2. The number of para-hydroxylation sites is 1. The number of nitrogens with zero attached hydrogens (tertiary/aromatic N) is 2. The van der Waals surface area contributed by atoms with Gasteiger partial charge in [-0.1, -0.05) is 18.2 Å². The van der Waals surface area contributed by atoms with Gasteiger partial charge in [-0.25, -0.2) is 0 Å². The van der Waals surface area contributed by atoms with Crippen molar-refractivity contribution in [2.45, 2.75) is 6.04 Å². The van der Waals surface area contributed by atoms with E-state index in [1.165, 1.54) is 0 Å². The lowest BCUT2D eigenvalue weighted by atomic mass is 10.1. The Morgan fingerprint density at radius 1 is 1.29 bits per heavy atom. The van der Waals surface area contributed by atoms with E-state index in [0.29, 0.717) is 6.54 Å². The molecule has 2 amide bonds. The summed E-state index contributed by atoms with van der Waals surface area (Å²) in [5, 5.41) is 5.63. The maximum absolute atomic E-state index is 12.2. The highest BCUT2D eigenvalue weighted by molar-refractivity contribution is 6.04. The van der Waals surface area contributed by atoms with Gasteiger partial charge in [0.15, 0.2) is 0 Å². The number of nitrogens with one attached hydrogen (secondary N) is 2. The van der Waals surface area contributed by atoms with E-state index in [-0.39, 0.29) is 11.8 Å². The number of fused-ring (bicyclic) bond motifs is 1. The molecule has 1 unspecified atom stereocenters. The van der Waals surface area contributed by atoms with Crippen molar-refractivity contribution in [3.05, 3.63) is 29.8 Å². The third-order valence-electron chi connectivity index (χ3n) is 4.06. The molecule has 1 aromatic carbocycles.